The molecule has 63 heavy (non-hydrogen) atoms. The Labute approximate surface area is 366 Å². The molecule has 0 saturated heterocycles. The molecule has 0 radical (unpaired) electrons. The maximum Gasteiger partial charge on any atom is 0.325 e. The van der Waals surface area contributed by atoms with E-state index in [0.29, 0.717) is 0 Å². The molecule has 21 N–H and O–H groups in total. The van der Waals surface area contributed by atoms with Crippen LogP contribution < -0.4 is 65.5 Å². The van der Waals surface area contributed by atoms with Gasteiger partial charge in [-0.05, 0) is 70.3 Å². The van der Waals surface area contributed by atoms with Crippen molar-refractivity contribution >= 4 is 82.9 Å². The van der Waals surface area contributed by atoms with Crippen LogP contribution in [0.3, 0.4) is 0 Å². The average Bonchev–Trinajstić information content (AvgIpc) is 3.19. The normalized spacial score (nSPS) is 14.0. The molecule has 0 bridgehead atoms. The van der Waals surface area contributed by atoms with Crippen LogP contribution in [0.2, 0.25) is 0 Å². The van der Waals surface area contributed by atoms with Crippen molar-refractivity contribution in [3.05, 3.63) is 0 Å². The lowest BCUT2D eigenvalue weighted by Gasteiger charge is -2.27. The van der Waals surface area contributed by atoms with Gasteiger partial charge in [-0.3, -0.25) is 58.8 Å². The maximum atomic E-state index is 13.9. The zero-order valence-corrected chi connectivity index (χ0v) is 35.9. The number of primary amides is 1. The number of carbonyl (C=O) groups excluding carboxylic acids is 7. The van der Waals surface area contributed by atoms with E-state index in [1.54, 1.807) is 6.26 Å². The highest BCUT2D eigenvalue weighted by atomic mass is 32.2. The highest BCUT2D eigenvalue weighted by Crippen LogP contribution is 2.09. The molecular formula is C35H62N14O13S. The third kappa shape index (κ3) is 25.8. The van der Waals surface area contributed by atoms with Crippen LogP contribution in [0.25, 0.3) is 0 Å². The van der Waals surface area contributed by atoms with Crippen molar-refractivity contribution in [3.8, 4) is 0 Å². The van der Waals surface area contributed by atoms with Gasteiger partial charge < -0.3 is 80.8 Å². The maximum absolute atomic E-state index is 13.9. The number of hydrogen-bond donors (Lipinski definition) is 17. The molecule has 0 fully saturated rings. The lowest BCUT2D eigenvalue weighted by atomic mass is 10.0. The van der Waals surface area contributed by atoms with Gasteiger partial charge in [-0.2, -0.15) is 11.8 Å². The second-order valence-corrected chi connectivity index (χ2v) is 15.1. The molecule has 7 atom stereocenters. The number of carboxylic acids is 3. The molecule has 28 heteroatoms. The summed E-state index contributed by atoms with van der Waals surface area (Å²) in [6.45, 7) is 1.34. The van der Waals surface area contributed by atoms with Gasteiger partial charge in [0.25, 0.3) is 0 Å². The molecule has 0 rings (SSSR count). The fourth-order valence-corrected chi connectivity index (χ4v) is 5.82. The van der Waals surface area contributed by atoms with E-state index >= 15 is 0 Å². The second kappa shape index (κ2) is 30.6. The lowest BCUT2D eigenvalue weighted by molar-refractivity contribution is -0.142. The van der Waals surface area contributed by atoms with E-state index in [0.717, 1.165) is 0 Å². The minimum Gasteiger partial charge on any atom is -0.481 e. The van der Waals surface area contributed by atoms with Gasteiger partial charge in [0.1, 0.15) is 36.3 Å². The summed E-state index contributed by atoms with van der Waals surface area (Å²) in [5.41, 5.74) is 21.8. The van der Waals surface area contributed by atoms with Crippen LogP contribution in [0.15, 0.2) is 0 Å². The number of carboxylic acid groups (broad SMARTS) is 3. The van der Waals surface area contributed by atoms with E-state index in [2.05, 4.69) is 42.5 Å². The lowest BCUT2D eigenvalue weighted by Crippen LogP contribution is -2.60. The van der Waals surface area contributed by atoms with Crippen molar-refractivity contribution in [1.82, 2.24) is 42.5 Å². The number of nitrogens with two attached hydrogens (primary N) is 4. The fraction of sp³-hybridized carbons (Fsp3) is 0.657. The third-order valence-electron chi connectivity index (χ3n) is 8.81. The largest absolute Gasteiger partial charge is 0.481 e. The Morgan fingerprint density at radius 2 is 0.873 bits per heavy atom. The van der Waals surface area contributed by atoms with Gasteiger partial charge in [-0.25, -0.2) is 0 Å². The number of nitrogens with one attached hydrogen (secondary N) is 10. The monoisotopic (exact) mass is 918 g/mol. The number of amides is 7. The smallest absolute Gasteiger partial charge is 0.325 e. The highest BCUT2D eigenvalue weighted by Gasteiger charge is 2.33. The summed E-state index contributed by atoms with van der Waals surface area (Å²) in [6.07, 6.45) is -1.09. The summed E-state index contributed by atoms with van der Waals surface area (Å²) < 4.78 is 0. The minimum atomic E-state index is -1.59. The Kier molecular flexibility index (Phi) is 27.4. The molecule has 0 unspecified atom stereocenters. The predicted molar refractivity (Wildman–Crippen MR) is 226 cm³/mol. The van der Waals surface area contributed by atoms with E-state index in [4.69, 9.17) is 38.9 Å². The molecule has 0 aromatic carbocycles. The van der Waals surface area contributed by atoms with Gasteiger partial charge in [-0.1, -0.05) is 0 Å². The molecule has 0 saturated carbocycles. The number of guanidine groups is 2. The molecule has 0 aliphatic rings. The second-order valence-electron chi connectivity index (χ2n) is 14.1. The molecule has 0 aliphatic heterocycles. The summed E-state index contributed by atoms with van der Waals surface area (Å²) in [4.78, 5) is 126. The number of aliphatic carboxylic acids is 3. The first-order valence-corrected chi connectivity index (χ1v) is 21.0. The molecule has 356 valence electrons. The molecule has 0 heterocycles. The van der Waals surface area contributed by atoms with Crippen LogP contribution >= 0.6 is 11.8 Å². The Hall–Kier alpha value is -6.45. The van der Waals surface area contributed by atoms with Gasteiger partial charge in [0.2, 0.25) is 41.4 Å². The first-order chi connectivity index (χ1) is 29.5. The highest BCUT2D eigenvalue weighted by molar-refractivity contribution is 7.98. The van der Waals surface area contributed by atoms with E-state index in [1.807, 2.05) is 0 Å². The number of hydrogen-bond acceptors (Lipinski definition) is 14. The first kappa shape index (κ1) is 56.5. The van der Waals surface area contributed by atoms with Crippen molar-refractivity contribution in [2.45, 2.75) is 120 Å². The Morgan fingerprint density at radius 3 is 1.24 bits per heavy atom. The summed E-state index contributed by atoms with van der Waals surface area (Å²) in [5, 5.41) is 61.7. The molecule has 0 spiro atoms. The molecular weight excluding hydrogens is 857 g/mol. The van der Waals surface area contributed by atoms with Crippen molar-refractivity contribution in [1.29, 1.82) is 10.8 Å². The SMILES string of the molecule is CSCC[C@H](NC(=O)[C@H](CCC(=O)O)NC(=O)[C@@H](N)CCC(=O)O)C(=O)N[C@@H](CCC(N)=O)C(=O)N[C@@H](CCCNC(=N)N)C(=O)N[C@@H](CCCNC(=N)N)C(=O)N[C@@H](C)C(=O)O. The quantitative estimate of drug-likeness (QED) is 0.0166. The summed E-state index contributed by atoms with van der Waals surface area (Å²) >= 11 is 1.27. The molecule has 7 amide bonds. The first-order valence-electron chi connectivity index (χ1n) is 19.7. The van der Waals surface area contributed by atoms with Crippen LogP contribution in [0, 0.1) is 10.8 Å². The summed E-state index contributed by atoms with van der Waals surface area (Å²) in [7, 11) is 0. The van der Waals surface area contributed by atoms with Crippen LogP contribution in [0.1, 0.15) is 77.6 Å². The number of carbonyl (C=O) groups is 10. The van der Waals surface area contributed by atoms with Crippen LogP contribution in [-0.2, 0) is 47.9 Å². The minimum absolute atomic E-state index is 0.0482. The van der Waals surface area contributed by atoms with E-state index < -0.39 is 140 Å². The molecule has 0 aliphatic carbocycles. The Balaban J connectivity index is 6.60. The van der Waals surface area contributed by atoms with Crippen molar-refractivity contribution in [2.75, 3.05) is 25.1 Å². The van der Waals surface area contributed by atoms with Gasteiger partial charge in [0, 0.05) is 32.4 Å². The van der Waals surface area contributed by atoms with E-state index in [-0.39, 0.29) is 63.3 Å². The van der Waals surface area contributed by atoms with Gasteiger partial charge >= 0.3 is 17.9 Å². The van der Waals surface area contributed by atoms with Crippen molar-refractivity contribution in [2.24, 2.45) is 22.9 Å². The van der Waals surface area contributed by atoms with Crippen molar-refractivity contribution < 1.29 is 63.3 Å². The third-order valence-corrected chi connectivity index (χ3v) is 9.45. The summed E-state index contributed by atoms with van der Waals surface area (Å²) in [5.74, 6) is -11.1. The zero-order chi connectivity index (χ0) is 48.2. The van der Waals surface area contributed by atoms with E-state index in [1.165, 1.54) is 18.7 Å². The topological polar surface area (TPSA) is 479 Å². The molecule has 0 aromatic rings. The fourth-order valence-electron chi connectivity index (χ4n) is 5.35. The molecule has 0 aromatic heterocycles. The number of thioether (sulfide) groups is 1. The zero-order valence-electron chi connectivity index (χ0n) is 35.1. The van der Waals surface area contributed by atoms with Crippen molar-refractivity contribution in [3.63, 3.8) is 0 Å². The average molecular weight is 919 g/mol. The van der Waals surface area contributed by atoms with E-state index in [9.17, 15) is 58.2 Å². The number of rotatable bonds is 33. The van der Waals surface area contributed by atoms with Crippen LogP contribution in [-0.4, -0.2) is 154 Å². The van der Waals surface area contributed by atoms with Gasteiger partial charge in [0.05, 0.1) is 6.04 Å². The van der Waals surface area contributed by atoms with Crippen LogP contribution in [0.4, 0.5) is 0 Å². The molecule has 27 nitrogen and oxygen atoms in total. The van der Waals surface area contributed by atoms with Gasteiger partial charge in [-0.15, -0.1) is 0 Å². The Bertz CT molecular complexity index is 1640. The standard InChI is InChI=1S/C35H62N14O13S/c1-17(33(61)62)44-28(56)19(5-3-14-42-34(38)39)46-29(57)20(6-4-15-43-35(40)41)47-30(58)21(8-10-24(37)50)48-32(60)23(13-16-63-2)49-31(59)22(9-12-26(53)54)45-27(55)18(36)7-11-25(51)52/h17-23H,3-16,36H2,1-2H3,(H2,37,50)(H,44,56)(H,45,55)(H,46,57)(H,47,58)(H,48,60)(H,49,59)(H,51,52)(H,53,54)(H,61,62)(H4,38,39,42)(H4,40,41,43)/t17-,18-,19-,20-,21-,22-,23-/m0/s1. The predicted octanol–water partition coefficient (Wildman–Crippen LogP) is -5.40. The Morgan fingerprint density at radius 1 is 0.524 bits per heavy atom. The van der Waals surface area contributed by atoms with Crippen LogP contribution in [0.5, 0.6) is 0 Å². The van der Waals surface area contributed by atoms with Gasteiger partial charge in [0.15, 0.2) is 11.9 Å². The summed E-state index contributed by atoms with van der Waals surface area (Å²) in [6, 6.07) is -10.1.